The summed E-state index contributed by atoms with van der Waals surface area (Å²) in [6.07, 6.45) is 3.18. The van der Waals surface area contributed by atoms with Gasteiger partial charge in [0.2, 0.25) is 5.66 Å². The summed E-state index contributed by atoms with van der Waals surface area (Å²) in [6, 6.07) is 7.95. The topological polar surface area (TPSA) is 43.2 Å². The molecule has 0 aliphatic carbocycles. The SMILES string of the molecule is CC1(c2cccc(OC3CCCCO3)c2)N=N1. The van der Waals surface area contributed by atoms with Crippen LogP contribution in [0.5, 0.6) is 5.75 Å². The molecule has 0 saturated carbocycles. The van der Waals surface area contributed by atoms with Crippen molar-refractivity contribution in [3.05, 3.63) is 29.8 Å². The van der Waals surface area contributed by atoms with Gasteiger partial charge in [-0.3, -0.25) is 0 Å². The maximum atomic E-state index is 5.81. The minimum Gasteiger partial charge on any atom is -0.465 e. The summed E-state index contributed by atoms with van der Waals surface area (Å²) in [4.78, 5) is 0. The molecular weight excluding hydrogens is 216 g/mol. The van der Waals surface area contributed by atoms with Crippen molar-refractivity contribution in [2.24, 2.45) is 10.2 Å². The molecule has 1 atom stereocenters. The van der Waals surface area contributed by atoms with Crippen molar-refractivity contribution in [2.75, 3.05) is 6.61 Å². The van der Waals surface area contributed by atoms with E-state index < -0.39 is 0 Å². The van der Waals surface area contributed by atoms with Gasteiger partial charge in [0.1, 0.15) is 5.75 Å². The number of hydrogen-bond donors (Lipinski definition) is 0. The first-order chi connectivity index (χ1) is 8.26. The molecule has 1 fully saturated rings. The summed E-state index contributed by atoms with van der Waals surface area (Å²) in [5, 5.41) is 8.06. The molecule has 1 unspecified atom stereocenters. The zero-order valence-corrected chi connectivity index (χ0v) is 9.93. The van der Waals surface area contributed by atoms with Crippen LogP contribution >= 0.6 is 0 Å². The van der Waals surface area contributed by atoms with Gasteiger partial charge in [0, 0.05) is 12.0 Å². The smallest absolute Gasteiger partial charge is 0.213 e. The van der Waals surface area contributed by atoms with Crippen LogP contribution in [0.1, 0.15) is 31.7 Å². The normalized spacial score (nSPS) is 25.6. The molecule has 4 nitrogen and oxygen atoms in total. The molecule has 0 spiro atoms. The van der Waals surface area contributed by atoms with Crippen LogP contribution in [0.4, 0.5) is 0 Å². The van der Waals surface area contributed by atoms with Gasteiger partial charge in [-0.2, -0.15) is 10.2 Å². The Bertz CT molecular complexity index is 433. The van der Waals surface area contributed by atoms with Crippen molar-refractivity contribution < 1.29 is 9.47 Å². The second-order valence-electron chi connectivity index (χ2n) is 4.66. The minimum atomic E-state index is -0.340. The van der Waals surface area contributed by atoms with Gasteiger partial charge in [-0.05, 0) is 31.9 Å². The first kappa shape index (κ1) is 10.7. The molecule has 4 heteroatoms. The van der Waals surface area contributed by atoms with Crippen LogP contribution in [0.15, 0.2) is 34.5 Å². The van der Waals surface area contributed by atoms with Gasteiger partial charge in [0.15, 0.2) is 6.29 Å². The Labute approximate surface area is 101 Å². The Kier molecular flexibility index (Phi) is 2.59. The highest BCUT2D eigenvalue weighted by atomic mass is 16.7. The Balaban J connectivity index is 1.70. The molecule has 3 rings (SSSR count). The highest BCUT2D eigenvalue weighted by Gasteiger charge is 2.36. The molecule has 0 N–H and O–H groups in total. The monoisotopic (exact) mass is 232 g/mol. The van der Waals surface area contributed by atoms with E-state index in [1.807, 2.05) is 31.2 Å². The second kappa shape index (κ2) is 4.11. The van der Waals surface area contributed by atoms with E-state index in [1.54, 1.807) is 0 Å². The molecule has 1 aromatic rings. The van der Waals surface area contributed by atoms with Crippen LogP contribution in [-0.2, 0) is 10.4 Å². The average Bonchev–Trinajstić information content (AvgIpc) is 3.11. The average molecular weight is 232 g/mol. The highest BCUT2D eigenvalue weighted by Crippen LogP contribution is 2.39. The van der Waals surface area contributed by atoms with Crippen molar-refractivity contribution in [1.82, 2.24) is 0 Å². The van der Waals surface area contributed by atoms with E-state index in [4.69, 9.17) is 9.47 Å². The van der Waals surface area contributed by atoms with E-state index in [0.29, 0.717) is 0 Å². The summed E-state index contributed by atoms with van der Waals surface area (Å²) in [6.45, 7) is 2.79. The quantitative estimate of drug-likeness (QED) is 0.803. The number of ether oxygens (including phenoxy) is 2. The van der Waals surface area contributed by atoms with Crippen molar-refractivity contribution in [3.8, 4) is 5.75 Å². The Hall–Kier alpha value is -1.42. The van der Waals surface area contributed by atoms with E-state index in [0.717, 1.165) is 30.8 Å². The third-order valence-electron chi connectivity index (χ3n) is 3.19. The summed E-state index contributed by atoms with van der Waals surface area (Å²) in [5.41, 5.74) is 0.734. The maximum absolute atomic E-state index is 5.81. The number of benzene rings is 1. The number of rotatable bonds is 3. The fourth-order valence-corrected chi connectivity index (χ4v) is 2.01. The summed E-state index contributed by atoms with van der Waals surface area (Å²) in [7, 11) is 0. The molecule has 90 valence electrons. The Morgan fingerprint density at radius 1 is 1.35 bits per heavy atom. The van der Waals surface area contributed by atoms with Gasteiger partial charge < -0.3 is 9.47 Å². The molecule has 2 heterocycles. The van der Waals surface area contributed by atoms with Gasteiger partial charge >= 0.3 is 0 Å². The van der Waals surface area contributed by atoms with Crippen LogP contribution in [0.3, 0.4) is 0 Å². The van der Waals surface area contributed by atoms with Crippen LogP contribution in [0, 0.1) is 0 Å². The number of hydrogen-bond acceptors (Lipinski definition) is 4. The molecule has 2 aliphatic rings. The van der Waals surface area contributed by atoms with Gasteiger partial charge in [-0.15, -0.1) is 0 Å². The number of nitrogens with zero attached hydrogens (tertiary/aromatic N) is 2. The molecule has 0 aromatic heterocycles. The fourth-order valence-electron chi connectivity index (χ4n) is 2.01. The molecule has 17 heavy (non-hydrogen) atoms. The van der Waals surface area contributed by atoms with Crippen molar-refractivity contribution in [1.29, 1.82) is 0 Å². The summed E-state index contributed by atoms with van der Waals surface area (Å²) >= 11 is 0. The minimum absolute atomic E-state index is 0.0973. The van der Waals surface area contributed by atoms with Crippen molar-refractivity contribution in [2.45, 2.75) is 38.1 Å². The van der Waals surface area contributed by atoms with Crippen molar-refractivity contribution >= 4 is 0 Å². The Morgan fingerprint density at radius 2 is 2.24 bits per heavy atom. The predicted octanol–water partition coefficient (Wildman–Crippen LogP) is 3.23. The van der Waals surface area contributed by atoms with Gasteiger partial charge in [0.05, 0.1) is 6.61 Å². The highest BCUT2D eigenvalue weighted by molar-refractivity contribution is 5.34. The van der Waals surface area contributed by atoms with E-state index in [9.17, 15) is 0 Å². The van der Waals surface area contributed by atoms with Gasteiger partial charge in [-0.1, -0.05) is 12.1 Å². The van der Waals surface area contributed by atoms with Crippen LogP contribution in [-0.4, -0.2) is 12.9 Å². The summed E-state index contributed by atoms with van der Waals surface area (Å²) in [5.74, 6) is 0.841. The predicted molar refractivity (Wildman–Crippen MR) is 62.9 cm³/mol. The lowest BCUT2D eigenvalue weighted by Crippen LogP contribution is -2.25. The molecular formula is C13H16N2O2. The van der Waals surface area contributed by atoms with E-state index in [-0.39, 0.29) is 12.0 Å². The van der Waals surface area contributed by atoms with Gasteiger partial charge in [0.25, 0.3) is 0 Å². The molecule has 1 aromatic carbocycles. The van der Waals surface area contributed by atoms with Crippen LogP contribution in [0.2, 0.25) is 0 Å². The van der Waals surface area contributed by atoms with Crippen LogP contribution in [0.25, 0.3) is 0 Å². The Morgan fingerprint density at radius 3 is 2.94 bits per heavy atom. The first-order valence-corrected chi connectivity index (χ1v) is 6.09. The third-order valence-corrected chi connectivity index (χ3v) is 3.19. The standard InChI is InChI=1S/C13H16N2O2/c1-13(14-15-13)10-5-4-6-11(9-10)17-12-7-2-3-8-16-12/h4-6,9,12H,2-3,7-8H2,1H3. The lowest BCUT2D eigenvalue weighted by Gasteiger charge is -2.23. The van der Waals surface area contributed by atoms with E-state index in [2.05, 4.69) is 10.2 Å². The zero-order valence-electron chi connectivity index (χ0n) is 9.93. The molecule has 0 radical (unpaired) electrons. The molecule has 2 aliphatic heterocycles. The van der Waals surface area contributed by atoms with Crippen molar-refractivity contribution in [3.63, 3.8) is 0 Å². The maximum Gasteiger partial charge on any atom is 0.213 e. The lowest BCUT2D eigenvalue weighted by molar-refractivity contribution is -0.105. The second-order valence-corrected chi connectivity index (χ2v) is 4.66. The van der Waals surface area contributed by atoms with Gasteiger partial charge in [-0.25, -0.2) is 0 Å². The largest absolute Gasteiger partial charge is 0.465 e. The van der Waals surface area contributed by atoms with E-state index in [1.165, 1.54) is 6.42 Å². The molecule has 0 amide bonds. The summed E-state index contributed by atoms with van der Waals surface area (Å²) < 4.78 is 11.4. The molecule has 0 bridgehead atoms. The van der Waals surface area contributed by atoms with Crippen LogP contribution < -0.4 is 4.74 Å². The first-order valence-electron chi connectivity index (χ1n) is 6.09. The fraction of sp³-hybridized carbons (Fsp3) is 0.538. The molecule has 1 saturated heterocycles. The third kappa shape index (κ3) is 2.31. The van der Waals surface area contributed by atoms with E-state index >= 15 is 0 Å². The zero-order chi connectivity index (χ0) is 11.7. The lowest BCUT2D eigenvalue weighted by atomic mass is 10.1.